The lowest BCUT2D eigenvalue weighted by Crippen LogP contribution is -2.53. The first-order valence-corrected chi connectivity index (χ1v) is 8.13. The van der Waals surface area contributed by atoms with Crippen LogP contribution in [0.1, 0.15) is 59.8 Å². The molecule has 2 aliphatic carbocycles. The molecule has 5 unspecified atom stereocenters. The van der Waals surface area contributed by atoms with Crippen LogP contribution in [0.3, 0.4) is 0 Å². The molecule has 0 amide bonds. The van der Waals surface area contributed by atoms with E-state index in [9.17, 15) is 4.79 Å². The molecule has 1 aliphatic heterocycles. The first-order chi connectivity index (χ1) is 9.34. The molecule has 0 bridgehead atoms. The minimum absolute atomic E-state index is 0.212. The van der Waals surface area contributed by atoms with Crippen LogP contribution < -0.4 is 0 Å². The van der Waals surface area contributed by atoms with Crippen molar-refractivity contribution in [2.24, 2.45) is 28.6 Å². The van der Waals surface area contributed by atoms with Gasteiger partial charge < -0.3 is 9.47 Å². The van der Waals surface area contributed by atoms with Gasteiger partial charge in [0.1, 0.15) is 0 Å². The summed E-state index contributed by atoms with van der Waals surface area (Å²) in [5, 5.41) is 0. The van der Waals surface area contributed by atoms with Crippen molar-refractivity contribution in [2.75, 3.05) is 6.61 Å². The summed E-state index contributed by atoms with van der Waals surface area (Å²) in [6, 6.07) is 0. The highest BCUT2D eigenvalue weighted by atomic mass is 16.7. The predicted octanol–water partition coefficient (Wildman–Crippen LogP) is 3.76. The molecule has 0 N–H and O–H groups in total. The van der Waals surface area contributed by atoms with Gasteiger partial charge in [-0.15, -0.1) is 0 Å². The Balaban J connectivity index is 1.91. The molecule has 3 rings (SSSR count). The molecule has 0 aromatic carbocycles. The first kappa shape index (κ1) is 14.4. The smallest absolute Gasteiger partial charge is 0.304 e. The molecule has 0 aromatic heterocycles. The predicted molar refractivity (Wildman–Crippen MR) is 76.9 cm³/mol. The summed E-state index contributed by atoms with van der Waals surface area (Å²) < 4.78 is 11.4. The van der Waals surface area contributed by atoms with Gasteiger partial charge >= 0.3 is 5.97 Å². The van der Waals surface area contributed by atoms with Gasteiger partial charge in [-0.1, -0.05) is 27.2 Å². The normalized spacial score (nSPS) is 46.4. The second-order valence-corrected chi connectivity index (χ2v) is 8.07. The zero-order valence-corrected chi connectivity index (χ0v) is 13.3. The van der Waals surface area contributed by atoms with Crippen LogP contribution in [0.15, 0.2) is 0 Å². The molecule has 1 saturated heterocycles. The Morgan fingerprint density at radius 3 is 2.65 bits per heavy atom. The van der Waals surface area contributed by atoms with Crippen molar-refractivity contribution in [1.29, 1.82) is 0 Å². The van der Waals surface area contributed by atoms with Crippen molar-refractivity contribution in [1.82, 2.24) is 0 Å². The Hall–Kier alpha value is -0.570. The highest BCUT2D eigenvalue weighted by Crippen LogP contribution is 2.63. The van der Waals surface area contributed by atoms with Crippen molar-refractivity contribution in [3.05, 3.63) is 0 Å². The summed E-state index contributed by atoms with van der Waals surface area (Å²) in [4.78, 5) is 11.4. The maximum atomic E-state index is 11.4. The van der Waals surface area contributed by atoms with Gasteiger partial charge in [-0.3, -0.25) is 4.79 Å². The lowest BCUT2D eigenvalue weighted by molar-refractivity contribution is -0.193. The van der Waals surface area contributed by atoms with E-state index < -0.39 is 0 Å². The summed E-state index contributed by atoms with van der Waals surface area (Å²) in [6.07, 6.45) is 6.09. The van der Waals surface area contributed by atoms with Crippen molar-refractivity contribution < 1.29 is 14.3 Å². The van der Waals surface area contributed by atoms with Gasteiger partial charge in [0.25, 0.3) is 0 Å². The Morgan fingerprint density at radius 2 is 1.95 bits per heavy atom. The summed E-state index contributed by atoms with van der Waals surface area (Å²) >= 11 is 0. The van der Waals surface area contributed by atoms with E-state index in [1.54, 1.807) is 0 Å². The summed E-state index contributed by atoms with van der Waals surface area (Å²) in [6.45, 7) is 9.54. The molecule has 0 radical (unpaired) electrons. The van der Waals surface area contributed by atoms with E-state index in [1.807, 2.05) is 0 Å². The number of ether oxygens (including phenoxy) is 2. The number of carbonyl (C=O) groups excluding carboxylic acids is 1. The average molecular weight is 280 g/mol. The Labute approximate surface area is 122 Å². The van der Waals surface area contributed by atoms with Crippen molar-refractivity contribution in [3.8, 4) is 0 Å². The maximum absolute atomic E-state index is 11.4. The zero-order valence-electron chi connectivity index (χ0n) is 13.3. The summed E-state index contributed by atoms with van der Waals surface area (Å²) in [5.41, 5.74) is 0.669. The van der Waals surface area contributed by atoms with Gasteiger partial charge in [0.15, 0.2) is 0 Å². The van der Waals surface area contributed by atoms with Gasteiger partial charge in [0.05, 0.1) is 6.61 Å². The average Bonchev–Trinajstić information content (AvgIpc) is 2.71. The van der Waals surface area contributed by atoms with Crippen LogP contribution in [0, 0.1) is 28.6 Å². The second kappa shape index (κ2) is 4.72. The molecule has 0 aromatic rings. The molecular formula is C17H28O3. The third-order valence-electron chi connectivity index (χ3n) is 6.42. The standard InChI is InChI=1S/C17H28O3/c1-11(18)20-15-14-12(10-19-15)6-7-13-16(2,3)8-5-9-17(13,14)4/h12-15H,5-10H2,1-4H3. The fraction of sp³-hybridized carbons (Fsp3) is 0.941. The number of rotatable bonds is 1. The van der Waals surface area contributed by atoms with Gasteiger partial charge in [-0.25, -0.2) is 0 Å². The van der Waals surface area contributed by atoms with E-state index >= 15 is 0 Å². The van der Waals surface area contributed by atoms with Crippen LogP contribution >= 0.6 is 0 Å². The van der Waals surface area contributed by atoms with Gasteiger partial charge in [-0.05, 0) is 48.3 Å². The maximum Gasteiger partial charge on any atom is 0.304 e. The molecule has 0 spiro atoms. The third kappa shape index (κ3) is 2.09. The molecule has 20 heavy (non-hydrogen) atoms. The molecule has 114 valence electrons. The van der Waals surface area contributed by atoms with E-state index in [0.29, 0.717) is 17.3 Å². The first-order valence-electron chi connectivity index (χ1n) is 8.13. The Bertz CT molecular complexity index is 403. The van der Waals surface area contributed by atoms with Crippen LogP contribution in [0.25, 0.3) is 0 Å². The van der Waals surface area contributed by atoms with Gasteiger partial charge in [0, 0.05) is 12.8 Å². The minimum Gasteiger partial charge on any atom is -0.436 e. The topological polar surface area (TPSA) is 35.5 Å². The molecule has 2 saturated carbocycles. The molecule has 3 aliphatic rings. The Kier molecular flexibility index (Phi) is 3.39. The van der Waals surface area contributed by atoms with E-state index in [0.717, 1.165) is 12.5 Å². The van der Waals surface area contributed by atoms with E-state index in [2.05, 4.69) is 20.8 Å². The number of hydrogen-bond donors (Lipinski definition) is 0. The lowest BCUT2D eigenvalue weighted by Gasteiger charge is -2.58. The van der Waals surface area contributed by atoms with Crippen molar-refractivity contribution >= 4 is 5.97 Å². The van der Waals surface area contributed by atoms with Gasteiger partial charge in [-0.2, -0.15) is 0 Å². The second-order valence-electron chi connectivity index (χ2n) is 8.07. The van der Waals surface area contributed by atoms with Crippen LogP contribution in [0.5, 0.6) is 0 Å². The van der Waals surface area contributed by atoms with Crippen molar-refractivity contribution in [2.45, 2.75) is 66.1 Å². The number of fused-ring (bicyclic) bond motifs is 3. The van der Waals surface area contributed by atoms with Crippen LogP contribution in [-0.2, 0) is 14.3 Å². The molecule has 3 heteroatoms. The van der Waals surface area contributed by atoms with Gasteiger partial charge in [0.2, 0.25) is 6.29 Å². The van der Waals surface area contributed by atoms with E-state index in [1.165, 1.54) is 39.0 Å². The zero-order chi connectivity index (χ0) is 14.5. The highest BCUT2D eigenvalue weighted by Gasteiger charge is 2.59. The van der Waals surface area contributed by atoms with E-state index in [-0.39, 0.29) is 17.7 Å². The lowest BCUT2D eigenvalue weighted by atomic mass is 9.47. The minimum atomic E-state index is -0.306. The quantitative estimate of drug-likeness (QED) is 0.686. The fourth-order valence-corrected chi connectivity index (χ4v) is 5.70. The monoisotopic (exact) mass is 280 g/mol. The molecule has 5 atom stereocenters. The van der Waals surface area contributed by atoms with Crippen LogP contribution in [0.4, 0.5) is 0 Å². The molecule has 1 heterocycles. The highest BCUT2D eigenvalue weighted by molar-refractivity contribution is 5.66. The molecule has 3 nitrogen and oxygen atoms in total. The SMILES string of the molecule is CC(=O)OC1OCC2CCC3C(C)(C)CCCC3(C)C21. The number of hydrogen-bond acceptors (Lipinski definition) is 3. The van der Waals surface area contributed by atoms with E-state index in [4.69, 9.17) is 9.47 Å². The molecular weight excluding hydrogens is 252 g/mol. The summed E-state index contributed by atoms with van der Waals surface area (Å²) in [7, 11) is 0. The Morgan fingerprint density at radius 1 is 1.20 bits per heavy atom. The van der Waals surface area contributed by atoms with Crippen LogP contribution in [-0.4, -0.2) is 18.9 Å². The largest absolute Gasteiger partial charge is 0.436 e. The van der Waals surface area contributed by atoms with Crippen molar-refractivity contribution in [3.63, 3.8) is 0 Å². The number of esters is 1. The fourth-order valence-electron chi connectivity index (χ4n) is 5.70. The van der Waals surface area contributed by atoms with Crippen LogP contribution in [0.2, 0.25) is 0 Å². The molecule has 3 fully saturated rings. The summed E-state index contributed by atoms with van der Waals surface area (Å²) in [5.74, 6) is 1.49. The number of carbonyl (C=O) groups is 1. The third-order valence-corrected chi connectivity index (χ3v) is 6.42.